The van der Waals surface area contributed by atoms with Crippen LogP contribution >= 0.6 is 0 Å². The van der Waals surface area contributed by atoms with E-state index < -0.39 is 29.6 Å². The number of nitriles is 1. The monoisotopic (exact) mass is 471 g/mol. The Morgan fingerprint density at radius 1 is 1.06 bits per heavy atom. The molecule has 2 aliphatic heterocycles. The minimum absolute atomic E-state index is 0.0608. The molecule has 0 aromatic heterocycles. The van der Waals surface area contributed by atoms with Crippen molar-refractivity contribution in [1.82, 2.24) is 4.90 Å². The quantitative estimate of drug-likeness (QED) is 0.529. The van der Waals surface area contributed by atoms with E-state index in [2.05, 4.69) is 0 Å². The minimum Gasteiger partial charge on any atom is -0.454 e. The third-order valence-electron chi connectivity index (χ3n) is 5.91. The van der Waals surface area contributed by atoms with E-state index in [0.717, 1.165) is 11.0 Å². The van der Waals surface area contributed by atoms with Gasteiger partial charge in [0.05, 0.1) is 29.3 Å². The fraction of sp³-hybridized carbons (Fsp3) is 0.154. The summed E-state index contributed by atoms with van der Waals surface area (Å²) in [5.41, 5.74) is 1.09. The first-order chi connectivity index (χ1) is 17.0. The molecule has 1 atom stereocenters. The van der Waals surface area contributed by atoms with Crippen molar-refractivity contribution in [2.45, 2.75) is 19.0 Å². The Morgan fingerprint density at radius 3 is 2.54 bits per heavy atom. The summed E-state index contributed by atoms with van der Waals surface area (Å²) in [6.07, 6.45) is -0.260. The summed E-state index contributed by atoms with van der Waals surface area (Å²) in [6, 6.07) is 17.4. The molecule has 8 nitrogen and oxygen atoms in total. The van der Waals surface area contributed by atoms with E-state index in [0.29, 0.717) is 28.3 Å². The maximum Gasteiger partial charge on any atom is 0.257 e. The highest BCUT2D eigenvalue weighted by atomic mass is 19.1. The Bertz CT molecular complexity index is 1380. The van der Waals surface area contributed by atoms with E-state index in [1.165, 1.54) is 47.4 Å². The molecule has 3 aromatic carbocycles. The van der Waals surface area contributed by atoms with Gasteiger partial charge in [0.15, 0.2) is 11.5 Å². The summed E-state index contributed by atoms with van der Waals surface area (Å²) >= 11 is 0. The first-order valence-electron chi connectivity index (χ1n) is 10.8. The Hall–Kier alpha value is -4.71. The fourth-order valence-corrected chi connectivity index (χ4v) is 4.16. The molecule has 0 bridgehead atoms. The lowest BCUT2D eigenvalue weighted by molar-refractivity contribution is -0.122. The number of halogens is 1. The van der Waals surface area contributed by atoms with Gasteiger partial charge in [-0.05, 0) is 54.1 Å². The van der Waals surface area contributed by atoms with Gasteiger partial charge in [0.1, 0.15) is 11.9 Å². The Labute approximate surface area is 199 Å². The van der Waals surface area contributed by atoms with Crippen LogP contribution in [-0.4, -0.2) is 35.5 Å². The highest BCUT2D eigenvalue weighted by Crippen LogP contribution is 2.34. The topological polar surface area (TPSA) is 99.9 Å². The lowest BCUT2D eigenvalue weighted by Crippen LogP contribution is -2.45. The van der Waals surface area contributed by atoms with Crippen LogP contribution < -0.4 is 14.4 Å². The van der Waals surface area contributed by atoms with E-state index >= 15 is 0 Å². The molecule has 5 rings (SSSR count). The van der Waals surface area contributed by atoms with Gasteiger partial charge in [0.25, 0.3) is 11.8 Å². The summed E-state index contributed by atoms with van der Waals surface area (Å²) in [4.78, 5) is 42.0. The number of imide groups is 1. The second kappa shape index (κ2) is 8.91. The molecule has 0 aliphatic carbocycles. The van der Waals surface area contributed by atoms with Crippen molar-refractivity contribution in [3.05, 3.63) is 89.2 Å². The van der Waals surface area contributed by atoms with Crippen LogP contribution in [0.2, 0.25) is 0 Å². The lowest BCUT2D eigenvalue weighted by atomic mass is 10.1. The van der Waals surface area contributed by atoms with E-state index in [4.69, 9.17) is 14.7 Å². The molecule has 0 spiro atoms. The van der Waals surface area contributed by atoms with Crippen LogP contribution in [0, 0.1) is 17.1 Å². The number of nitrogens with zero attached hydrogens (tertiary/aromatic N) is 3. The van der Waals surface area contributed by atoms with Crippen LogP contribution in [0.15, 0.2) is 66.7 Å². The van der Waals surface area contributed by atoms with Gasteiger partial charge in [-0.25, -0.2) is 9.29 Å². The second-order valence-corrected chi connectivity index (χ2v) is 8.05. The Kier molecular flexibility index (Phi) is 5.63. The highest BCUT2D eigenvalue weighted by molar-refractivity contribution is 6.23. The van der Waals surface area contributed by atoms with Crippen LogP contribution in [0.5, 0.6) is 11.5 Å². The predicted molar refractivity (Wildman–Crippen MR) is 121 cm³/mol. The molecule has 3 aromatic rings. The molecule has 1 unspecified atom stereocenters. The van der Waals surface area contributed by atoms with Crippen molar-refractivity contribution in [2.24, 2.45) is 0 Å². The van der Waals surface area contributed by atoms with Crippen molar-refractivity contribution in [3.8, 4) is 17.6 Å². The summed E-state index contributed by atoms with van der Waals surface area (Å²) in [5.74, 6) is -1.50. The Morgan fingerprint density at radius 2 is 1.80 bits per heavy atom. The molecule has 1 fully saturated rings. The number of ether oxygens (including phenoxy) is 2. The number of hydrogen-bond acceptors (Lipinski definition) is 6. The number of anilines is 1. The fourth-order valence-electron chi connectivity index (χ4n) is 4.16. The molecule has 2 aliphatic rings. The van der Waals surface area contributed by atoms with Crippen LogP contribution in [0.4, 0.5) is 10.1 Å². The molecule has 0 saturated carbocycles. The third-order valence-corrected chi connectivity index (χ3v) is 5.91. The third kappa shape index (κ3) is 4.06. The zero-order chi connectivity index (χ0) is 24.5. The predicted octanol–water partition coefficient (Wildman–Crippen LogP) is 3.40. The molecule has 9 heteroatoms. The van der Waals surface area contributed by atoms with Crippen molar-refractivity contribution in [3.63, 3.8) is 0 Å². The van der Waals surface area contributed by atoms with Crippen molar-refractivity contribution in [1.29, 1.82) is 5.26 Å². The molecule has 35 heavy (non-hydrogen) atoms. The zero-order valence-electron chi connectivity index (χ0n) is 18.3. The highest BCUT2D eigenvalue weighted by Gasteiger charge is 2.45. The van der Waals surface area contributed by atoms with Crippen LogP contribution in [0.3, 0.4) is 0 Å². The maximum atomic E-state index is 14.5. The van der Waals surface area contributed by atoms with Gasteiger partial charge < -0.3 is 14.4 Å². The number of benzene rings is 3. The van der Waals surface area contributed by atoms with E-state index in [9.17, 15) is 18.8 Å². The summed E-state index contributed by atoms with van der Waals surface area (Å²) in [5, 5.41) is 9.01. The standard InChI is InChI=1S/C26H18FN3O5/c27-20-4-2-1-3-19(20)25(32)29(14-17-7-10-22-23(11-17)35-15-34-22)21-12-24(31)30(26(21)33)18-8-5-16(13-28)6-9-18/h1-11,21H,12,14-15H2. The smallest absolute Gasteiger partial charge is 0.257 e. The number of hydrogen-bond donors (Lipinski definition) is 0. The zero-order valence-corrected chi connectivity index (χ0v) is 18.3. The van der Waals surface area contributed by atoms with Crippen molar-refractivity contribution >= 4 is 23.4 Å². The number of fused-ring (bicyclic) bond motifs is 1. The molecule has 2 heterocycles. The first kappa shape index (κ1) is 22.1. The van der Waals surface area contributed by atoms with Crippen LogP contribution in [0.1, 0.15) is 27.9 Å². The van der Waals surface area contributed by atoms with Gasteiger partial charge in [-0.2, -0.15) is 5.26 Å². The summed E-state index contributed by atoms with van der Waals surface area (Å²) in [7, 11) is 0. The summed E-state index contributed by atoms with van der Waals surface area (Å²) in [6.45, 7) is 0.0144. The van der Waals surface area contributed by atoms with Gasteiger partial charge in [-0.15, -0.1) is 0 Å². The summed E-state index contributed by atoms with van der Waals surface area (Å²) < 4.78 is 25.2. The van der Waals surface area contributed by atoms with E-state index in [1.807, 2.05) is 6.07 Å². The molecule has 1 saturated heterocycles. The van der Waals surface area contributed by atoms with Gasteiger partial charge in [0.2, 0.25) is 12.7 Å². The van der Waals surface area contributed by atoms with Crippen LogP contribution in [-0.2, 0) is 16.1 Å². The number of amides is 3. The van der Waals surface area contributed by atoms with E-state index in [-0.39, 0.29) is 25.3 Å². The number of rotatable bonds is 5. The SMILES string of the molecule is N#Cc1ccc(N2C(=O)CC(N(Cc3ccc4c(c3)OCO4)C(=O)c3ccccc3F)C2=O)cc1. The largest absolute Gasteiger partial charge is 0.454 e. The van der Waals surface area contributed by atoms with Gasteiger partial charge in [0, 0.05) is 6.54 Å². The van der Waals surface area contributed by atoms with Crippen molar-refractivity contribution < 1.29 is 28.2 Å². The molecular weight excluding hydrogens is 453 g/mol. The van der Waals surface area contributed by atoms with Gasteiger partial charge in [-0.1, -0.05) is 18.2 Å². The van der Waals surface area contributed by atoms with Crippen LogP contribution in [0.25, 0.3) is 0 Å². The molecule has 3 amide bonds. The molecule has 174 valence electrons. The van der Waals surface area contributed by atoms with Gasteiger partial charge in [-0.3, -0.25) is 14.4 Å². The molecule has 0 N–H and O–H groups in total. The molecular formula is C26H18FN3O5. The average Bonchev–Trinajstić information content (AvgIpc) is 3.45. The first-order valence-corrected chi connectivity index (χ1v) is 10.8. The normalized spacial score (nSPS) is 16.3. The van der Waals surface area contributed by atoms with Crippen molar-refractivity contribution in [2.75, 3.05) is 11.7 Å². The number of carbonyl (C=O) groups excluding carboxylic acids is 3. The average molecular weight is 471 g/mol. The maximum absolute atomic E-state index is 14.5. The molecule has 0 radical (unpaired) electrons. The second-order valence-electron chi connectivity index (χ2n) is 8.05. The van der Waals surface area contributed by atoms with E-state index in [1.54, 1.807) is 18.2 Å². The Balaban J connectivity index is 1.50. The lowest BCUT2D eigenvalue weighted by Gasteiger charge is -2.28. The minimum atomic E-state index is -1.14. The number of carbonyl (C=O) groups is 3. The van der Waals surface area contributed by atoms with Gasteiger partial charge >= 0.3 is 0 Å².